The number of anilines is 1. The van der Waals surface area contributed by atoms with E-state index in [9.17, 15) is 14.4 Å². The Labute approximate surface area is 149 Å². The van der Waals surface area contributed by atoms with Gasteiger partial charge in [-0.15, -0.1) is 0 Å². The molecule has 0 aromatic carbocycles. The summed E-state index contributed by atoms with van der Waals surface area (Å²) in [5, 5.41) is 0. The van der Waals surface area contributed by atoms with Crippen LogP contribution >= 0.6 is 0 Å². The van der Waals surface area contributed by atoms with Gasteiger partial charge in [-0.2, -0.15) is 0 Å². The molecule has 0 N–H and O–H groups in total. The second-order valence-corrected chi connectivity index (χ2v) is 5.92. The number of nitrogens with zero attached hydrogens (tertiary/aromatic N) is 4. The first-order valence-corrected chi connectivity index (χ1v) is 8.20. The summed E-state index contributed by atoms with van der Waals surface area (Å²) in [6.07, 6.45) is 1.62. The summed E-state index contributed by atoms with van der Waals surface area (Å²) in [5.41, 5.74) is -0.264. The fourth-order valence-electron chi connectivity index (χ4n) is 2.72. The minimum absolute atomic E-state index is 0.182. The number of hydrogen-bond acceptors (Lipinski definition) is 7. The zero-order chi connectivity index (χ0) is 18.7. The van der Waals surface area contributed by atoms with Crippen molar-refractivity contribution >= 4 is 11.8 Å². The molecule has 2 aromatic rings. The summed E-state index contributed by atoms with van der Waals surface area (Å²) in [6, 6.07) is 4.58. The monoisotopic (exact) mass is 360 g/mol. The predicted octanol–water partition coefficient (Wildman–Crippen LogP) is -0.327. The number of pyridine rings is 1. The van der Waals surface area contributed by atoms with Crippen LogP contribution in [-0.2, 0) is 30.2 Å². The van der Waals surface area contributed by atoms with E-state index in [1.54, 1.807) is 18.3 Å². The van der Waals surface area contributed by atoms with E-state index >= 15 is 0 Å². The zero-order valence-corrected chi connectivity index (χ0v) is 14.7. The second kappa shape index (κ2) is 7.52. The van der Waals surface area contributed by atoms with Gasteiger partial charge in [0.25, 0.3) is 5.56 Å². The molecular weight excluding hydrogens is 340 g/mol. The van der Waals surface area contributed by atoms with Crippen molar-refractivity contribution in [3.8, 4) is 0 Å². The standard InChI is InChI=1S/C17H20N4O5/c1-19-12(10-14(22)20(2)17(19)24)11-26-16(23)13-4-3-5-18-15(13)21-6-8-25-9-7-21/h3-5,10H,6-9,11H2,1-2H3. The molecule has 1 aliphatic rings. The van der Waals surface area contributed by atoms with Crippen LogP contribution in [0.5, 0.6) is 0 Å². The second-order valence-electron chi connectivity index (χ2n) is 5.92. The highest BCUT2D eigenvalue weighted by Crippen LogP contribution is 2.19. The van der Waals surface area contributed by atoms with Gasteiger partial charge in [-0.25, -0.2) is 14.6 Å². The Morgan fingerprint density at radius 2 is 1.96 bits per heavy atom. The molecule has 26 heavy (non-hydrogen) atoms. The van der Waals surface area contributed by atoms with Crippen LogP contribution < -0.4 is 16.1 Å². The summed E-state index contributed by atoms with van der Waals surface area (Å²) in [6.45, 7) is 2.24. The summed E-state index contributed by atoms with van der Waals surface area (Å²) < 4.78 is 12.9. The van der Waals surface area contributed by atoms with Crippen molar-refractivity contribution in [3.63, 3.8) is 0 Å². The van der Waals surface area contributed by atoms with E-state index in [0.717, 1.165) is 4.57 Å². The van der Waals surface area contributed by atoms with Crippen LogP contribution in [0.1, 0.15) is 16.1 Å². The van der Waals surface area contributed by atoms with E-state index in [2.05, 4.69) is 4.98 Å². The molecule has 2 aromatic heterocycles. The number of carbonyl (C=O) groups is 1. The fourth-order valence-corrected chi connectivity index (χ4v) is 2.72. The molecule has 138 valence electrons. The number of aromatic nitrogens is 3. The van der Waals surface area contributed by atoms with Crippen molar-refractivity contribution in [3.05, 3.63) is 56.5 Å². The number of hydrogen-bond donors (Lipinski definition) is 0. The molecular formula is C17H20N4O5. The highest BCUT2D eigenvalue weighted by Gasteiger charge is 2.21. The molecule has 9 heteroatoms. The fraction of sp³-hybridized carbons (Fsp3) is 0.412. The van der Waals surface area contributed by atoms with Crippen LogP contribution in [0.25, 0.3) is 0 Å². The van der Waals surface area contributed by atoms with Gasteiger partial charge < -0.3 is 14.4 Å². The highest BCUT2D eigenvalue weighted by atomic mass is 16.5. The van der Waals surface area contributed by atoms with Crippen LogP contribution in [0.3, 0.4) is 0 Å². The molecule has 0 spiro atoms. The minimum atomic E-state index is -0.562. The Balaban J connectivity index is 1.80. The summed E-state index contributed by atoms with van der Waals surface area (Å²) >= 11 is 0. The van der Waals surface area contributed by atoms with Crippen LogP contribution in [0.4, 0.5) is 5.82 Å². The molecule has 3 rings (SSSR count). The Bertz CT molecular complexity index is 927. The minimum Gasteiger partial charge on any atom is -0.456 e. The van der Waals surface area contributed by atoms with Crippen LogP contribution in [-0.4, -0.2) is 46.4 Å². The number of carbonyl (C=O) groups excluding carboxylic acids is 1. The molecule has 0 radical (unpaired) electrons. The molecule has 0 atom stereocenters. The van der Waals surface area contributed by atoms with E-state index in [4.69, 9.17) is 9.47 Å². The van der Waals surface area contributed by atoms with Crippen molar-refractivity contribution in [2.45, 2.75) is 6.61 Å². The van der Waals surface area contributed by atoms with Gasteiger partial charge >= 0.3 is 11.7 Å². The Morgan fingerprint density at radius 3 is 2.69 bits per heavy atom. The molecule has 9 nitrogen and oxygen atoms in total. The van der Waals surface area contributed by atoms with Crippen molar-refractivity contribution < 1.29 is 14.3 Å². The first-order valence-electron chi connectivity index (χ1n) is 8.20. The third-order valence-electron chi connectivity index (χ3n) is 4.29. The lowest BCUT2D eigenvalue weighted by Crippen LogP contribution is -2.38. The topological polar surface area (TPSA) is 95.7 Å². The molecule has 0 unspecified atom stereocenters. The summed E-state index contributed by atoms with van der Waals surface area (Å²) in [4.78, 5) is 42.5. The average Bonchev–Trinajstić information content (AvgIpc) is 2.68. The lowest BCUT2D eigenvalue weighted by Gasteiger charge is -2.28. The Morgan fingerprint density at radius 1 is 1.23 bits per heavy atom. The third-order valence-corrected chi connectivity index (χ3v) is 4.29. The van der Waals surface area contributed by atoms with Crippen molar-refractivity contribution in [2.75, 3.05) is 31.2 Å². The van der Waals surface area contributed by atoms with Gasteiger partial charge in [-0.3, -0.25) is 13.9 Å². The maximum Gasteiger partial charge on any atom is 0.342 e. The molecule has 1 aliphatic heterocycles. The molecule has 0 saturated carbocycles. The van der Waals surface area contributed by atoms with Crippen LogP contribution in [0, 0.1) is 0 Å². The molecule has 0 aliphatic carbocycles. The van der Waals surface area contributed by atoms with E-state index < -0.39 is 17.2 Å². The SMILES string of the molecule is Cn1c(COC(=O)c2cccnc2N2CCOCC2)cc(=O)n(C)c1=O. The highest BCUT2D eigenvalue weighted by molar-refractivity contribution is 5.94. The predicted molar refractivity (Wildman–Crippen MR) is 93.3 cm³/mol. The first-order chi connectivity index (χ1) is 12.5. The van der Waals surface area contributed by atoms with Crippen molar-refractivity contribution in [1.82, 2.24) is 14.1 Å². The number of rotatable bonds is 4. The average molecular weight is 360 g/mol. The summed E-state index contributed by atoms with van der Waals surface area (Å²) in [7, 11) is 2.92. The third kappa shape index (κ3) is 3.52. The van der Waals surface area contributed by atoms with Gasteiger partial charge in [0.2, 0.25) is 0 Å². The molecule has 3 heterocycles. The molecule has 1 fully saturated rings. The smallest absolute Gasteiger partial charge is 0.342 e. The number of ether oxygens (including phenoxy) is 2. The molecule has 1 saturated heterocycles. The first kappa shape index (κ1) is 17.9. The van der Waals surface area contributed by atoms with Gasteiger partial charge in [0.15, 0.2) is 0 Å². The van der Waals surface area contributed by atoms with Gasteiger partial charge in [-0.05, 0) is 12.1 Å². The lowest BCUT2D eigenvalue weighted by molar-refractivity contribution is 0.0462. The summed E-state index contributed by atoms with van der Waals surface area (Å²) in [5.74, 6) is -0.0219. The van der Waals surface area contributed by atoms with E-state index in [0.29, 0.717) is 43.4 Å². The van der Waals surface area contributed by atoms with Gasteiger partial charge in [0.1, 0.15) is 18.0 Å². The number of morpholine rings is 1. The van der Waals surface area contributed by atoms with E-state index in [1.165, 1.54) is 24.7 Å². The van der Waals surface area contributed by atoms with Crippen molar-refractivity contribution in [1.29, 1.82) is 0 Å². The van der Waals surface area contributed by atoms with Gasteiger partial charge in [-0.1, -0.05) is 0 Å². The molecule has 0 bridgehead atoms. The van der Waals surface area contributed by atoms with E-state index in [1.807, 2.05) is 4.90 Å². The van der Waals surface area contributed by atoms with E-state index in [-0.39, 0.29) is 6.61 Å². The van der Waals surface area contributed by atoms with Gasteiger partial charge in [0.05, 0.1) is 18.9 Å². The van der Waals surface area contributed by atoms with Crippen molar-refractivity contribution in [2.24, 2.45) is 14.1 Å². The molecule has 0 amide bonds. The van der Waals surface area contributed by atoms with Gasteiger partial charge in [0, 0.05) is 39.4 Å². The lowest BCUT2D eigenvalue weighted by atomic mass is 10.2. The number of esters is 1. The quantitative estimate of drug-likeness (QED) is 0.689. The zero-order valence-electron chi connectivity index (χ0n) is 14.7. The largest absolute Gasteiger partial charge is 0.456 e. The Hall–Kier alpha value is -2.94. The maximum absolute atomic E-state index is 12.5. The van der Waals surface area contributed by atoms with Crippen LogP contribution in [0.2, 0.25) is 0 Å². The normalized spacial score (nSPS) is 14.3. The maximum atomic E-state index is 12.5. The van der Waals surface area contributed by atoms with Crippen LogP contribution in [0.15, 0.2) is 34.0 Å². The Kier molecular flexibility index (Phi) is 5.17.